The van der Waals surface area contributed by atoms with Crippen molar-refractivity contribution >= 4 is 17.8 Å². The number of amides is 2. The van der Waals surface area contributed by atoms with Gasteiger partial charge in [-0.3, -0.25) is 14.3 Å². The van der Waals surface area contributed by atoms with Crippen molar-refractivity contribution in [1.29, 1.82) is 0 Å². The van der Waals surface area contributed by atoms with Gasteiger partial charge in [-0.1, -0.05) is 30.3 Å². The van der Waals surface area contributed by atoms with Crippen LogP contribution in [-0.2, 0) is 20.9 Å². The van der Waals surface area contributed by atoms with Crippen LogP contribution in [0.15, 0.2) is 42.7 Å². The number of benzene rings is 1. The molecular formula is C18H20N4O4. The third-order valence-electron chi connectivity index (χ3n) is 4.30. The highest BCUT2D eigenvalue weighted by Crippen LogP contribution is 2.26. The van der Waals surface area contributed by atoms with Crippen LogP contribution in [-0.4, -0.2) is 50.2 Å². The number of carboxylic acids is 1. The van der Waals surface area contributed by atoms with Gasteiger partial charge in [0.1, 0.15) is 12.6 Å². The number of hydrogen-bond acceptors (Lipinski definition) is 4. The van der Waals surface area contributed by atoms with E-state index >= 15 is 0 Å². The van der Waals surface area contributed by atoms with Gasteiger partial charge in [0.25, 0.3) is 0 Å². The van der Waals surface area contributed by atoms with Crippen LogP contribution < -0.4 is 5.32 Å². The van der Waals surface area contributed by atoms with Gasteiger partial charge in [-0.2, -0.15) is 5.10 Å². The molecule has 0 saturated carbocycles. The summed E-state index contributed by atoms with van der Waals surface area (Å²) in [6.45, 7) is 2.16. The number of rotatable bonds is 6. The molecule has 0 bridgehead atoms. The molecule has 136 valence electrons. The number of carboxylic acid groups (broad SMARTS) is 1. The first-order chi connectivity index (χ1) is 12.5. The molecule has 2 heterocycles. The van der Waals surface area contributed by atoms with Crippen LogP contribution in [0.25, 0.3) is 0 Å². The Bertz CT molecular complexity index is 818. The molecule has 2 atom stereocenters. The summed E-state index contributed by atoms with van der Waals surface area (Å²) in [5.41, 5.74) is 1.47. The number of aromatic nitrogens is 2. The summed E-state index contributed by atoms with van der Waals surface area (Å²) in [7, 11) is 0. The van der Waals surface area contributed by atoms with E-state index in [9.17, 15) is 19.5 Å². The highest BCUT2D eigenvalue weighted by atomic mass is 16.4. The minimum atomic E-state index is -1.09. The molecule has 2 unspecified atom stereocenters. The van der Waals surface area contributed by atoms with Gasteiger partial charge in [0.2, 0.25) is 11.8 Å². The monoisotopic (exact) mass is 356 g/mol. The summed E-state index contributed by atoms with van der Waals surface area (Å²) >= 11 is 0. The van der Waals surface area contributed by atoms with E-state index in [1.807, 2.05) is 6.92 Å². The molecule has 1 fully saturated rings. The average molecular weight is 356 g/mol. The van der Waals surface area contributed by atoms with Crippen LogP contribution in [0.5, 0.6) is 0 Å². The lowest BCUT2D eigenvalue weighted by molar-refractivity contribution is -0.149. The van der Waals surface area contributed by atoms with E-state index in [0.717, 1.165) is 5.56 Å². The van der Waals surface area contributed by atoms with E-state index in [-0.39, 0.29) is 24.9 Å². The number of carbonyl (C=O) groups excluding carboxylic acids is 2. The zero-order valence-electron chi connectivity index (χ0n) is 14.3. The molecule has 8 heteroatoms. The summed E-state index contributed by atoms with van der Waals surface area (Å²) in [6.07, 6.45) is 3.75. The highest BCUT2D eigenvalue weighted by Gasteiger charge is 2.40. The SMILES string of the molecule is Cc1cnn(CC(=O)NC2CCN(C(C(=O)O)c3ccccc3)C2=O)c1. The van der Waals surface area contributed by atoms with Crippen molar-refractivity contribution in [2.24, 2.45) is 0 Å². The normalized spacial score (nSPS) is 18.0. The Kier molecular flexibility index (Phi) is 5.01. The van der Waals surface area contributed by atoms with Gasteiger partial charge in [-0.15, -0.1) is 0 Å². The fourth-order valence-electron chi connectivity index (χ4n) is 3.12. The van der Waals surface area contributed by atoms with Gasteiger partial charge in [-0.25, -0.2) is 4.79 Å². The first-order valence-corrected chi connectivity index (χ1v) is 8.32. The largest absolute Gasteiger partial charge is 0.479 e. The molecule has 1 aromatic heterocycles. The maximum absolute atomic E-state index is 12.6. The van der Waals surface area contributed by atoms with Crippen molar-refractivity contribution in [3.05, 3.63) is 53.9 Å². The van der Waals surface area contributed by atoms with Crippen molar-refractivity contribution in [1.82, 2.24) is 20.0 Å². The molecule has 1 aromatic carbocycles. The maximum atomic E-state index is 12.6. The average Bonchev–Trinajstić information content (AvgIpc) is 3.16. The van der Waals surface area contributed by atoms with Crippen LogP contribution >= 0.6 is 0 Å². The van der Waals surface area contributed by atoms with E-state index in [4.69, 9.17) is 0 Å². The summed E-state index contributed by atoms with van der Waals surface area (Å²) in [6, 6.07) is 6.84. The fraction of sp³-hybridized carbons (Fsp3) is 0.333. The predicted molar refractivity (Wildman–Crippen MR) is 92.0 cm³/mol. The van der Waals surface area contributed by atoms with Crippen molar-refractivity contribution in [2.45, 2.75) is 32.0 Å². The van der Waals surface area contributed by atoms with Crippen molar-refractivity contribution in [2.75, 3.05) is 6.54 Å². The Hall–Kier alpha value is -3.16. The number of hydrogen-bond donors (Lipinski definition) is 2. The van der Waals surface area contributed by atoms with E-state index in [0.29, 0.717) is 12.0 Å². The predicted octanol–water partition coefficient (Wildman–Crippen LogP) is 0.735. The Morgan fingerprint density at radius 1 is 1.35 bits per heavy atom. The molecule has 2 N–H and O–H groups in total. The molecule has 26 heavy (non-hydrogen) atoms. The van der Waals surface area contributed by atoms with Crippen LogP contribution in [0.3, 0.4) is 0 Å². The Morgan fingerprint density at radius 3 is 2.69 bits per heavy atom. The number of aryl methyl sites for hydroxylation is 1. The number of likely N-dealkylation sites (tertiary alicyclic amines) is 1. The molecule has 1 aliphatic rings. The zero-order chi connectivity index (χ0) is 18.7. The molecule has 2 amide bonds. The van der Waals surface area contributed by atoms with Crippen molar-refractivity contribution in [3.8, 4) is 0 Å². The lowest BCUT2D eigenvalue weighted by Gasteiger charge is -2.25. The second-order valence-electron chi connectivity index (χ2n) is 6.31. The van der Waals surface area contributed by atoms with Gasteiger partial charge in [-0.05, 0) is 24.5 Å². The standard InChI is InChI=1S/C18H20N4O4/c1-12-9-19-21(10-12)11-15(23)20-14-7-8-22(17(14)24)16(18(25)26)13-5-3-2-4-6-13/h2-6,9-10,14,16H,7-8,11H2,1H3,(H,20,23)(H,25,26). The molecule has 8 nitrogen and oxygen atoms in total. The highest BCUT2D eigenvalue weighted by molar-refractivity contribution is 5.92. The quantitative estimate of drug-likeness (QED) is 0.794. The molecule has 0 radical (unpaired) electrons. The third kappa shape index (κ3) is 3.74. The molecule has 0 spiro atoms. The summed E-state index contributed by atoms with van der Waals surface area (Å²) < 4.78 is 1.49. The maximum Gasteiger partial charge on any atom is 0.331 e. The first-order valence-electron chi connectivity index (χ1n) is 8.32. The van der Waals surface area contributed by atoms with Crippen LogP contribution in [0.1, 0.15) is 23.6 Å². The van der Waals surface area contributed by atoms with Gasteiger partial charge in [0.05, 0.1) is 6.20 Å². The Balaban J connectivity index is 1.67. The molecule has 1 saturated heterocycles. The summed E-state index contributed by atoms with van der Waals surface area (Å²) in [4.78, 5) is 37.8. The molecular weight excluding hydrogens is 336 g/mol. The van der Waals surface area contributed by atoms with Gasteiger partial charge in [0, 0.05) is 12.7 Å². The van der Waals surface area contributed by atoms with E-state index < -0.39 is 18.1 Å². The minimum absolute atomic E-state index is 0.0126. The Labute approximate surface area is 150 Å². The van der Waals surface area contributed by atoms with E-state index in [2.05, 4.69) is 10.4 Å². The van der Waals surface area contributed by atoms with E-state index in [1.54, 1.807) is 42.7 Å². The zero-order valence-corrected chi connectivity index (χ0v) is 14.3. The molecule has 0 aliphatic carbocycles. The second kappa shape index (κ2) is 7.38. The minimum Gasteiger partial charge on any atom is -0.479 e. The van der Waals surface area contributed by atoms with Crippen LogP contribution in [0, 0.1) is 6.92 Å². The molecule has 3 rings (SSSR count). The van der Waals surface area contributed by atoms with Gasteiger partial charge >= 0.3 is 5.97 Å². The number of nitrogens with one attached hydrogen (secondary N) is 1. The number of carbonyl (C=O) groups is 3. The third-order valence-corrected chi connectivity index (χ3v) is 4.30. The smallest absolute Gasteiger partial charge is 0.331 e. The van der Waals surface area contributed by atoms with Gasteiger partial charge < -0.3 is 15.3 Å². The molecule has 1 aliphatic heterocycles. The number of aliphatic carboxylic acids is 1. The topological polar surface area (TPSA) is 105 Å². The van der Waals surface area contributed by atoms with Crippen molar-refractivity contribution < 1.29 is 19.5 Å². The first kappa shape index (κ1) is 17.7. The van der Waals surface area contributed by atoms with E-state index in [1.165, 1.54) is 9.58 Å². The second-order valence-corrected chi connectivity index (χ2v) is 6.31. The summed E-state index contributed by atoms with van der Waals surface area (Å²) in [5, 5.41) is 16.3. The Morgan fingerprint density at radius 2 is 2.08 bits per heavy atom. The lowest BCUT2D eigenvalue weighted by Crippen LogP contribution is -2.44. The lowest BCUT2D eigenvalue weighted by atomic mass is 10.1. The number of nitrogens with zero attached hydrogens (tertiary/aromatic N) is 3. The fourth-order valence-corrected chi connectivity index (χ4v) is 3.12. The van der Waals surface area contributed by atoms with Gasteiger partial charge in [0.15, 0.2) is 6.04 Å². The van der Waals surface area contributed by atoms with Crippen LogP contribution in [0.4, 0.5) is 0 Å². The summed E-state index contributed by atoms with van der Waals surface area (Å²) in [5.74, 6) is -1.81. The van der Waals surface area contributed by atoms with Crippen molar-refractivity contribution in [3.63, 3.8) is 0 Å². The van der Waals surface area contributed by atoms with Crippen LogP contribution in [0.2, 0.25) is 0 Å². The molecule has 2 aromatic rings.